The molecule has 0 saturated heterocycles. The predicted molar refractivity (Wildman–Crippen MR) is 50.2 cm³/mol. The molecule has 1 aliphatic carbocycles. The second kappa shape index (κ2) is 3.36. The third-order valence-corrected chi connectivity index (χ3v) is 2.74. The first-order valence-electron chi connectivity index (χ1n) is 4.37. The Morgan fingerprint density at radius 3 is 2.14 bits per heavy atom. The van der Waals surface area contributed by atoms with Crippen molar-refractivity contribution in [2.45, 2.75) is 31.2 Å². The SMILES string of the molecule is CNC1(/C(N)=C(\C)NN)CC(F)(F)C1. The minimum Gasteiger partial charge on any atom is -0.399 e. The summed E-state index contributed by atoms with van der Waals surface area (Å²) >= 11 is 0. The zero-order valence-corrected chi connectivity index (χ0v) is 8.32. The first kappa shape index (κ1) is 11.2. The first-order valence-corrected chi connectivity index (χ1v) is 4.37. The van der Waals surface area contributed by atoms with Gasteiger partial charge in [0.1, 0.15) is 0 Å². The van der Waals surface area contributed by atoms with Crippen LogP contribution >= 0.6 is 0 Å². The molecular formula is C8H16F2N4. The van der Waals surface area contributed by atoms with Gasteiger partial charge in [0.05, 0.1) is 5.54 Å². The largest absolute Gasteiger partial charge is 0.399 e. The van der Waals surface area contributed by atoms with Gasteiger partial charge in [-0.1, -0.05) is 0 Å². The molecule has 14 heavy (non-hydrogen) atoms. The summed E-state index contributed by atoms with van der Waals surface area (Å²) in [6, 6.07) is 0. The maximum Gasteiger partial charge on any atom is 0.252 e. The van der Waals surface area contributed by atoms with Crippen molar-refractivity contribution >= 4 is 0 Å². The number of hydrazine groups is 1. The Labute approximate surface area is 81.7 Å². The van der Waals surface area contributed by atoms with Crippen LogP contribution < -0.4 is 22.3 Å². The standard InChI is InChI=1S/C8H16F2N4/c1-5(14-12)6(11)7(13-2)3-8(9,10)4-7/h13-14H,3-4,11-12H2,1-2H3/b6-5-. The van der Waals surface area contributed by atoms with E-state index in [1.165, 1.54) is 0 Å². The van der Waals surface area contributed by atoms with Gasteiger partial charge in [-0.15, -0.1) is 0 Å². The Kier molecular flexibility index (Phi) is 2.69. The molecular weight excluding hydrogens is 190 g/mol. The highest BCUT2D eigenvalue weighted by atomic mass is 19.3. The Morgan fingerprint density at radius 2 is 1.86 bits per heavy atom. The second-order valence-corrected chi connectivity index (χ2v) is 3.72. The molecule has 0 aromatic heterocycles. The topological polar surface area (TPSA) is 76.1 Å². The van der Waals surface area contributed by atoms with E-state index in [2.05, 4.69) is 10.7 Å². The second-order valence-electron chi connectivity index (χ2n) is 3.72. The van der Waals surface area contributed by atoms with Crippen LogP contribution in [-0.2, 0) is 0 Å². The van der Waals surface area contributed by atoms with Crippen molar-refractivity contribution in [3.05, 3.63) is 11.4 Å². The lowest BCUT2D eigenvalue weighted by atomic mass is 9.71. The fourth-order valence-electron chi connectivity index (χ4n) is 1.77. The molecule has 0 bridgehead atoms. The molecule has 0 amide bonds. The lowest BCUT2D eigenvalue weighted by Crippen LogP contribution is -2.63. The van der Waals surface area contributed by atoms with Gasteiger partial charge in [0.2, 0.25) is 0 Å². The Hall–Kier alpha value is -0.880. The summed E-state index contributed by atoms with van der Waals surface area (Å²) in [6.07, 6.45) is -0.553. The van der Waals surface area contributed by atoms with Crippen molar-refractivity contribution in [3.8, 4) is 0 Å². The van der Waals surface area contributed by atoms with E-state index in [1.807, 2.05) is 0 Å². The normalized spacial score (nSPS) is 24.9. The lowest BCUT2D eigenvalue weighted by molar-refractivity contribution is -0.120. The van der Waals surface area contributed by atoms with E-state index in [1.54, 1.807) is 14.0 Å². The van der Waals surface area contributed by atoms with E-state index in [-0.39, 0.29) is 12.8 Å². The fourth-order valence-corrected chi connectivity index (χ4v) is 1.77. The third-order valence-electron chi connectivity index (χ3n) is 2.74. The lowest BCUT2D eigenvalue weighted by Gasteiger charge is -2.48. The van der Waals surface area contributed by atoms with Crippen molar-refractivity contribution in [1.82, 2.24) is 10.7 Å². The maximum absolute atomic E-state index is 12.8. The van der Waals surface area contributed by atoms with E-state index in [9.17, 15) is 8.78 Å². The molecule has 1 saturated carbocycles. The molecule has 6 N–H and O–H groups in total. The van der Waals surface area contributed by atoms with Crippen molar-refractivity contribution in [3.63, 3.8) is 0 Å². The van der Waals surface area contributed by atoms with Crippen molar-refractivity contribution in [2.75, 3.05) is 7.05 Å². The minimum atomic E-state index is -2.62. The van der Waals surface area contributed by atoms with Crippen LogP contribution in [0.3, 0.4) is 0 Å². The van der Waals surface area contributed by atoms with E-state index in [0.29, 0.717) is 11.4 Å². The van der Waals surface area contributed by atoms with Crippen molar-refractivity contribution in [2.24, 2.45) is 11.6 Å². The molecule has 1 fully saturated rings. The smallest absolute Gasteiger partial charge is 0.252 e. The van der Waals surface area contributed by atoms with E-state index in [0.717, 1.165) is 0 Å². The number of hydrogen-bond acceptors (Lipinski definition) is 4. The van der Waals surface area contributed by atoms with E-state index >= 15 is 0 Å². The fraction of sp³-hybridized carbons (Fsp3) is 0.750. The minimum absolute atomic E-state index is 0.276. The third kappa shape index (κ3) is 1.67. The number of halogens is 2. The molecule has 82 valence electrons. The van der Waals surface area contributed by atoms with Gasteiger partial charge < -0.3 is 16.5 Å². The molecule has 6 heteroatoms. The Morgan fingerprint density at radius 1 is 1.36 bits per heavy atom. The highest BCUT2D eigenvalue weighted by Gasteiger charge is 2.57. The van der Waals surface area contributed by atoms with Crippen molar-refractivity contribution < 1.29 is 8.78 Å². The van der Waals surface area contributed by atoms with Gasteiger partial charge in [-0.25, -0.2) is 8.78 Å². The molecule has 1 aliphatic rings. The quantitative estimate of drug-likeness (QED) is 0.388. The van der Waals surface area contributed by atoms with Crippen LogP contribution in [0.15, 0.2) is 11.4 Å². The van der Waals surface area contributed by atoms with E-state index < -0.39 is 11.5 Å². The summed E-state index contributed by atoms with van der Waals surface area (Å²) in [7, 11) is 1.62. The van der Waals surface area contributed by atoms with Crippen LogP contribution in [0.5, 0.6) is 0 Å². The summed E-state index contributed by atoms with van der Waals surface area (Å²) in [5.41, 5.74) is 8.18. The zero-order chi connectivity index (χ0) is 11.0. The van der Waals surface area contributed by atoms with Gasteiger partial charge in [0, 0.05) is 24.2 Å². The summed E-state index contributed by atoms with van der Waals surface area (Å²) in [6.45, 7) is 1.66. The highest BCUT2D eigenvalue weighted by molar-refractivity contribution is 5.28. The number of likely N-dealkylation sites (N-methyl/N-ethyl adjacent to an activating group) is 1. The molecule has 0 radical (unpaired) electrons. The summed E-state index contributed by atoms with van der Waals surface area (Å²) < 4.78 is 25.6. The highest BCUT2D eigenvalue weighted by Crippen LogP contribution is 2.48. The van der Waals surface area contributed by atoms with Crippen LogP contribution in [0.1, 0.15) is 19.8 Å². The van der Waals surface area contributed by atoms with Crippen LogP contribution in [-0.4, -0.2) is 18.5 Å². The van der Waals surface area contributed by atoms with Gasteiger partial charge >= 0.3 is 0 Å². The first-order chi connectivity index (χ1) is 6.37. The molecule has 0 aliphatic heterocycles. The number of nitrogens with two attached hydrogens (primary N) is 2. The predicted octanol–water partition coefficient (Wildman–Crippen LogP) is 0.0272. The Balaban J connectivity index is 2.85. The number of rotatable bonds is 3. The average Bonchev–Trinajstić information content (AvgIpc) is 2.10. The molecule has 4 nitrogen and oxygen atoms in total. The number of allylic oxidation sites excluding steroid dienone is 1. The van der Waals surface area contributed by atoms with Gasteiger partial charge in [-0.3, -0.25) is 5.84 Å². The van der Waals surface area contributed by atoms with Crippen molar-refractivity contribution in [1.29, 1.82) is 0 Å². The van der Waals surface area contributed by atoms with Crippen LogP contribution in [0, 0.1) is 0 Å². The van der Waals surface area contributed by atoms with Gasteiger partial charge in [0.25, 0.3) is 5.92 Å². The van der Waals surface area contributed by atoms with Crippen LogP contribution in [0.4, 0.5) is 8.78 Å². The van der Waals surface area contributed by atoms with Gasteiger partial charge in [0.15, 0.2) is 0 Å². The van der Waals surface area contributed by atoms with Gasteiger partial charge in [-0.2, -0.15) is 0 Å². The summed E-state index contributed by atoms with van der Waals surface area (Å²) in [5.74, 6) is 2.55. The molecule has 0 unspecified atom stereocenters. The number of alkyl halides is 2. The van der Waals surface area contributed by atoms with E-state index in [4.69, 9.17) is 11.6 Å². The van der Waals surface area contributed by atoms with Gasteiger partial charge in [-0.05, 0) is 14.0 Å². The average molecular weight is 206 g/mol. The summed E-state index contributed by atoms with van der Waals surface area (Å²) in [5, 5.41) is 2.83. The number of hydrogen-bond donors (Lipinski definition) is 4. The monoisotopic (exact) mass is 206 g/mol. The molecule has 1 rings (SSSR count). The van der Waals surface area contributed by atoms with Crippen LogP contribution in [0.2, 0.25) is 0 Å². The Bertz CT molecular complexity index is 254. The maximum atomic E-state index is 12.8. The molecule has 0 atom stereocenters. The summed E-state index contributed by atoms with van der Waals surface area (Å²) in [4.78, 5) is 0. The number of nitrogens with one attached hydrogen (secondary N) is 2. The molecule has 0 aromatic carbocycles. The molecule has 0 spiro atoms. The van der Waals surface area contributed by atoms with Crippen LogP contribution in [0.25, 0.3) is 0 Å². The molecule has 0 heterocycles. The zero-order valence-electron chi connectivity index (χ0n) is 8.32. The molecule has 0 aromatic rings.